The van der Waals surface area contributed by atoms with Crippen LogP contribution in [0.4, 0.5) is 16.2 Å². The second-order valence-electron chi connectivity index (χ2n) is 9.87. The van der Waals surface area contributed by atoms with Crippen molar-refractivity contribution in [1.82, 2.24) is 9.91 Å². The molecular formula is C31H36ClN7O. The van der Waals surface area contributed by atoms with Crippen LogP contribution < -0.4 is 16.4 Å². The van der Waals surface area contributed by atoms with E-state index >= 15 is 0 Å². The van der Waals surface area contributed by atoms with Gasteiger partial charge in [-0.25, -0.2) is 14.8 Å². The molecule has 0 radical (unpaired) electrons. The number of urea groups is 1. The first-order valence-corrected chi connectivity index (χ1v) is 13.9. The van der Waals surface area contributed by atoms with E-state index in [-0.39, 0.29) is 11.9 Å². The number of carbonyl (C=O) groups excluding carboxylic acids is 1. The van der Waals surface area contributed by atoms with Crippen molar-refractivity contribution in [2.24, 2.45) is 15.8 Å². The molecule has 2 aromatic rings. The molecule has 0 aliphatic carbocycles. The standard InChI is InChI=1S/C31H36ClN7O/c1-4-27(12-9-17-38-15-6-5-7-16-38)39-29(30(33)34-21-35-39)19-22(2)24-10-8-11-26(20-24)36-31(40)37-28-14-13-25(32)18-23(28)3/h4,8,10-11,13-14,18-22H,5-7,15-17H2,1-3H3,(H2,33,34,35)(H2,36,37,40)/b27-4-,29-19+. The number of hydrogen-bond donors (Lipinski definition) is 3. The van der Waals surface area contributed by atoms with Crippen molar-refractivity contribution < 1.29 is 4.79 Å². The summed E-state index contributed by atoms with van der Waals surface area (Å²) in [5.41, 5.74) is 11.0. The number of nitrogens with one attached hydrogen (secondary N) is 2. The second-order valence-corrected chi connectivity index (χ2v) is 10.3. The molecule has 4 N–H and O–H groups in total. The lowest BCUT2D eigenvalue weighted by molar-refractivity contribution is 0.255. The number of aryl methyl sites for hydroxylation is 1. The van der Waals surface area contributed by atoms with Gasteiger partial charge in [0.2, 0.25) is 0 Å². The monoisotopic (exact) mass is 557 g/mol. The summed E-state index contributed by atoms with van der Waals surface area (Å²) in [5, 5.41) is 12.6. The van der Waals surface area contributed by atoms with E-state index in [4.69, 9.17) is 17.3 Å². The number of hydrogen-bond acceptors (Lipinski definition) is 6. The first-order valence-electron chi connectivity index (χ1n) is 13.5. The van der Waals surface area contributed by atoms with Gasteiger partial charge in [0, 0.05) is 22.3 Å². The Morgan fingerprint density at radius 2 is 1.98 bits per heavy atom. The van der Waals surface area contributed by atoms with Gasteiger partial charge in [0.25, 0.3) is 0 Å². The van der Waals surface area contributed by atoms with Crippen LogP contribution >= 0.6 is 11.6 Å². The van der Waals surface area contributed by atoms with E-state index < -0.39 is 0 Å². The highest BCUT2D eigenvalue weighted by molar-refractivity contribution is 6.30. The Labute approximate surface area is 241 Å². The number of anilines is 2. The minimum atomic E-state index is -0.335. The minimum Gasteiger partial charge on any atom is -0.382 e. The van der Waals surface area contributed by atoms with Crippen LogP contribution in [0.25, 0.3) is 0 Å². The van der Waals surface area contributed by atoms with E-state index in [9.17, 15) is 4.79 Å². The Hall–Kier alpha value is -4.06. The molecular weight excluding hydrogens is 522 g/mol. The Morgan fingerprint density at radius 3 is 2.73 bits per heavy atom. The zero-order valence-corrected chi connectivity index (χ0v) is 24.0. The third-order valence-electron chi connectivity index (χ3n) is 6.84. The summed E-state index contributed by atoms with van der Waals surface area (Å²) >= 11 is 6.03. The van der Waals surface area contributed by atoms with Gasteiger partial charge in [0.15, 0.2) is 5.84 Å². The maximum atomic E-state index is 12.7. The van der Waals surface area contributed by atoms with Crippen molar-refractivity contribution in [3.8, 4) is 11.8 Å². The Kier molecular flexibility index (Phi) is 10.0. The lowest BCUT2D eigenvalue weighted by Crippen LogP contribution is -2.31. The molecule has 1 unspecified atom stereocenters. The fourth-order valence-electron chi connectivity index (χ4n) is 4.62. The smallest absolute Gasteiger partial charge is 0.323 e. The number of amides is 2. The lowest BCUT2D eigenvalue weighted by Gasteiger charge is -2.25. The van der Waals surface area contributed by atoms with Crippen molar-refractivity contribution in [3.63, 3.8) is 0 Å². The summed E-state index contributed by atoms with van der Waals surface area (Å²) in [6.45, 7) is 8.82. The van der Waals surface area contributed by atoms with Gasteiger partial charge in [0.1, 0.15) is 17.7 Å². The summed E-state index contributed by atoms with van der Waals surface area (Å²) in [7, 11) is 0. The second kappa shape index (κ2) is 13.8. The number of benzene rings is 2. The number of hydrazone groups is 1. The van der Waals surface area contributed by atoms with Crippen molar-refractivity contribution in [1.29, 1.82) is 0 Å². The number of halogens is 1. The highest BCUT2D eigenvalue weighted by atomic mass is 35.5. The van der Waals surface area contributed by atoms with Crippen LogP contribution in [0, 0.1) is 18.8 Å². The highest BCUT2D eigenvalue weighted by Gasteiger charge is 2.20. The van der Waals surface area contributed by atoms with Gasteiger partial charge >= 0.3 is 6.03 Å². The summed E-state index contributed by atoms with van der Waals surface area (Å²) < 4.78 is 0. The van der Waals surface area contributed by atoms with Crippen LogP contribution in [0.5, 0.6) is 0 Å². The van der Waals surface area contributed by atoms with Crippen LogP contribution in [-0.2, 0) is 0 Å². The summed E-state index contributed by atoms with van der Waals surface area (Å²) in [4.78, 5) is 19.3. The van der Waals surface area contributed by atoms with Gasteiger partial charge in [-0.05, 0) is 93.2 Å². The van der Waals surface area contributed by atoms with E-state index in [2.05, 4.69) is 44.4 Å². The minimum absolute atomic E-state index is 0.0534. The number of piperidine rings is 1. The third-order valence-corrected chi connectivity index (χ3v) is 7.07. The van der Waals surface area contributed by atoms with Gasteiger partial charge in [-0.3, -0.25) is 4.90 Å². The number of allylic oxidation sites excluding steroid dienone is 3. The number of nitrogens with zero attached hydrogens (tertiary/aromatic N) is 4. The molecule has 2 heterocycles. The predicted octanol–water partition coefficient (Wildman–Crippen LogP) is 6.29. The maximum absolute atomic E-state index is 12.7. The molecule has 4 rings (SSSR count). The molecule has 1 saturated heterocycles. The van der Waals surface area contributed by atoms with Gasteiger partial charge in [0.05, 0.1) is 6.54 Å². The predicted molar refractivity (Wildman–Crippen MR) is 166 cm³/mol. The molecule has 1 fully saturated rings. The number of carbonyl (C=O) groups is 1. The zero-order valence-electron chi connectivity index (χ0n) is 23.2. The number of aliphatic imine (C=N–C) groups is 1. The number of rotatable bonds is 6. The van der Waals surface area contributed by atoms with Gasteiger partial charge < -0.3 is 16.4 Å². The van der Waals surface area contributed by atoms with E-state index in [1.165, 1.54) is 25.6 Å². The fourth-order valence-corrected chi connectivity index (χ4v) is 4.84. The molecule has 2 aliphatic rings. The first-order chi connectivity index (χ1) is 19.3. The van der Waals surface area contributed by atoms with Crippen molar-refractivity contribution >= 4 is 41.2 Å². The Bertz CT molecular complexity index is 1410. The van der Waals surface area contributed by atoms with E-state index in [0.717, 1.165) is 36.5 Å². The number of likely N-dealkylation sites (tertiary alicyclic amines) is 1. The molecule has 1 atom stereocenters. The Balaban J connectivity index is 1.47. The molecule has 208 valence electrons. The van der Waals surface area contributed by atoms with Gasteiger partial charge in [-0.15, -0.1) is 0 Å². The van der Waals surface area contributed by atoms with Crippen LogP contribution in [0.2, 0.25) is 5.02 Å². The molecule has 0 aromatic heterocycles. The van der Waals surface area contributed by atoms with Crippen molar-refractivity contribution in [3.05, 3.63) is 82.2 Å². The fraction of sp³-hybridized carbons (Fsp3) is 0.323. The number of nitrogens with two attached hydrogens (primary N) is 1. The summed E-state index contributed by atoms with van der Waals surface area (Å²) in [6.07, 6.45) is 9.15. The van der Waals surface area contributed by atoms with Crippen molar-refractivity contribution in [2.75, 3.05) is 30.3 Å². The third kappa shape index (κ3) is 7.75. The Morgan fingerprint density at radius 1 is 1.18 bits per heavy atom. The normalized spacial score (nSPS) is 17.6. The average molecular weight is 558 g/mol. The molecule has 40 heavy (non-hydrogen) atoms. The van der Waals surface area contributed by atoms with Crippen molar-refractivity contribution in [2.45, 2.75) is 46.0 Å². The van der Waals surface area contributed by atoms with Crippen LogP contribution in [-0.4, -0.2) is 47.7 Å². The zero-order chi connectivity index (χ0) is 28.5. The number of amidine groups is 1. The van der Waals surface area contributed by atoms with Crippen LogP contribution in [0.1, 0.15) is 50.2 Å². The molecule has 2 aromatic carbocycles. The molecule has 0 bridgehead atoms. The molecule has 2 aliphatic heterocycles. The topological polar surface area (TPSA) is 98.3 Å². The van der Waals surface area contributed by atoms with E-state index in [1.54, 1.807) is 23.2 Å². The molecule has 2 amide bonds. The van der Waals surface area contributed by atoms with Gasteiger partial charge in [-0.1, -0.05) is 49.1 Å². The average Bonchev–Trinajstić information content (AvgIpc) is 2.94. The van der Waals surface area contributed by atoms with E-state index in [1.807, 2.05) is 50.3 Å². The quantitative estimate of drug-likeness (QED) is 0.363. The molecule has 0 spiro atoms. The van der Waals surface area contributed by atoms with E-state index in [0.29, 0.717) is 27.9 Å². The summed E-state index contributed by atoms with van der Waals surface area (Å²) in [5.74, 6) is 6.89. The SMILES string of the molecule is C/C=C(/C#CCN1CCCCC1)N1N=CN=C(N)/C1=C\C(C)c1cccc(NC(=O)Nc2ccc(Cl)cc2C)c1. The lowest BCUT2D eigenvalue weighted by atomic mass is 9.99. The highest BCUT2D eigenvalue weighted by Crippen LogP contribution is 2.26. The maximum Gasteiger partial charge on any atom is 0.323 e. The largest absolute Gasteiger partial charge is 0.382 e. The molecule has 9 heteroatoms. The van der Waals surface area contributed by atoms with Crippen LogP contribution in [0.3, 0.4) is 0 Å². The molecule has 0 saturated carbocycles. The van der Waals surface area contributed by atoms with Gasteiger partial charge in [-0.2, -0.15) is 5.10 Å². The molecule has 8 nitrogen and oxygen atoms in total. The van der Waals surface area contributed by atoms with Crippen LogP contribution in [0.15, 0.2) is 76.1 Å². The first kappa shape index (κ1) is 28.9. The summed E-state index contributed by atoms with van der Waals surface area (Å²) in [6, 6.07) is 12.7.